The second kappa shape index (κ2) is 11.2. The van der Waals surface area contributed by atoms with Crippen LogP contribution in [0, 0.1) is 22.7 Å². The maximum Gasteiger partial charge on any atom is 0.161 e. The van der Waals surface area contributed by atoms with E-state index in [0.717, 1.165) is 0 Å². The third-order valence-corrected chi connectivity index (χ3v) is 2.67. The SMILES string of the molecule is C=COCCOc1ccc(C=C(C#N)C#N)cc1OCCOC=C. The Labute approximate surface area is 141 Å². The molecule has 24 heavy (non-hydrogen) atoms. The molecule has 0 aliphatic heterocycles. The van der Waals surface area contributed by atoms with Crippen LogP contribution in [0.2, 0.25) is 0 Å². The lowest BCUT2D eigenvalue weighted by molar-refractivity contribution is 0.161. The van der Waals surface area contributed by atoms with Crippen LogP contribution in [0.25, 0.3) is 6.08 Å². The molecule has 0 saturated heterocycles. The smallest absolute Gasteiger partial charge is 0.161 e. The zero-order chi connectivity index (χ0) is 17.6. The van der Waals surface area contributed by atoms with Gasteiger partial charge in [0.1, 0.15) is 44.1 Å². The van der Waals surface area contributed by atoms with Crippen LogP contribution >= 0.6 is 0 Å². The van der Waals surface area contributed by atoms with Gasteiger partial charge >= 0.3 is 0 Å². The predicted octanol–water partition coefficient (Wildman–Crippen LogP) is 3.19. The lowest BCUT2D eigenvalue weighted by atomic mass is 10.1. The largest absolute Gasteiger partial charge is 0.498 e. The van der Waals surface area contributed by atoms with E-state index in [0.29, 0.717) is 43.5 Å². The molecule has 0 fully saturated rings. The first-order chi connectivity index (χ1) is 11.7. The second-order valence-electron chi connectivity index (χ2n) is 4.26. The van der Waals surface area contributed by atoms with Crippen molar-refractivity contribution in [3.63, 3.8) is 0 Å². The van der Waals surface area contributed by atoms with Gasteiger partial charge in [0, 0.05) is 0 Å². The minimum absolute atomic E-state index is 0.00370. The first-order valence-electron chi connectivity index (χ1n) is 7.11. The average molecular weight is 326 g/mol. The first kappa shape index (κ1) is 18.7. The molecule has 0 radical (unpaired) electrons. The number of hydrogen-bond acceptors (Lipinski definition) is 6. The van der Waals surface area contributed by atoms with Crippen LogP contribution in [0.1, 0.15) is 5.56 Å². The van der Waals surface area contributed by atoms with Crippen LogP contribution in [-0.4, -0.2) is 26.4 Å². The number of benzene rings is 1. The summed E-state index contributed by atoms with van der Waals surface area (Å²) in [4.78, 5) is 0. The van der Waals surface area contributed by atoms with Crippen LogP contribution in [0.3, 0.4) is 0 Å². The summed E-state index contributed by atoms with van der Waals surface area (Å²) < 4.78 is 21.2. The fourth-order valence-corrected chi connectivity index (χ4v) is 1.67. The molecule has 0 saturated carbocycles. The van der Waals surface area contributed by atoms with E-state index in [9.17, 15) is 0 Å². The zero-order valence-electron chi connectivity index (χ0n) is 13.2. The molecule has 0 N–H and O–H groups in total. The van der Waals surface area contributed by atoms with Crippen LogP contribution in [0.5, 0.6) is 11.5 Å². The monoisotopic (exact) mass is 326 g/mol. The van der Waals surface area contributed by atoms with E-state index < -0.39 is 0 Å². The summed E-state index contributed by atoms with van der Waals surface area (Å²) in [6, 6.07) is 8.75. The fourth-order valence-electron chi connectivity index (χ4n) is 1.67. The van der Waals surface area contributed by atoms with Crippen molar-refractivity contribution < 1.29 is 18.9 Å². The quantitative estimate of drug-likeness (QED) is 0.353. The molecule has 124 valence electrons. The highest BCUT2D eigenvalue weighted by Gasteiger charge is 2.07. The Morgan fingerprint density at radius 2 is 1.50 bits per heavy atom. The van der Waals surface area contributed by atoms with Gasteiger partial charge in [-0.15, -0.1) is 0 Å². The van der Waals surface area contributed by atoms with Crippen molar-refractivity contribution in [1.82, 2.24) is 0 Å². The third-order valence-electron chi connectivity index (χ3n) is 2.67. The van der Waals surface area contributed by atoms with E-state index >= 15 is 0 Å². The Balaban J connectivity index is 2.90. The predicted molar refractivity (Wildman–Crippen MR) is 88.9 cm³/mol. The molecule has 0 aromatic heterocycles. The van der Waals surface area contributed by atoms with Crippen molar-refractivity contribution in [2.75, 3.05) is 26.4 Å². The van der Waals surface area contributed by atoms with E-state index in [1.807, 2.05) is 12.1 Å². The van der Waals surface area contributed by atoms with Gasteiger partial charge in [-0.05, 0) is 23.8 Å². The van der Waals surface area contributed by atoms with E-state index in [2.05, 4.69) is 13.2 Å². The fraction of sp³-hybridized carbons (Fsp3) is 0.222. The van der Waals surface area contributed by atoms with Gasteiger partial charge in [-0.2, -0.15) is 10.5 Å². The van der Waals surface area contributed by atoms with Gasteiger partial charge in [0.05, 0.1) is 12.5 Å². The van der Waals surface area contributed by atoms with Crippen molar-refractivity contribution in [2.24, 2.45) is 0 Å². The van der Waals surface area contributed by atoms with Crippen molar-refractivity contribution in [1.29, 1.82) is 10.5 Å². The molecule has 0 unspecified atom stereocenters. The number of nitrogens with zero attached hydrogens (tertiary/aromatic N) is 2. The van der Waals surface area contributed by atoms with Gasteiger partial charge in [0.15, 0.2) is 11.5 Å². The standard InChI is InChI=1S/C18H18N2O4/c1-3-21-7-9-23-17-6-5-15(11-16(13-19)14-20)12-18(17)24-10-8-22-4-2/h3-6,11-12H,1-2,7-10H2. The minimum Gasteiger partial charge on any atom is -0.498 e. The molecule has 1 aromatic rings. The molecular weight excluding hydrogens is 308 g/mol. The first-order valence-corrected chi connectivity index (χ1v) is 7.11. The van der Waals surface area contributed by atoms with Crippen LogP contribution in [0.15, 0.2) is 49.5 Å². The molecule has 1 rings (SSSR count). The number of nitriles is 2. The van der Waals surface area contributed by atoms with E-state index in [1.54, 1.807) is 18.2 Å². The zero-order valence-corrected chi connectivity index (χ0v) is 13.2. The normalized spacial score (nSPS) is 8.92. The summed E-state index contributed by atoms with van der Waals surface area (Å²) >= 11 is 0. The van der Waals surface area contributed by atoms with Gasteiger partial charge in [-0.1, -0.05) is 19.2 Å². The van der Waals surface area contributed by atoms with Crippen LogP contribution in [0.4, 0.5) is 0 Å². The Morgan fingerprint density at radius 3 is 2.04 bits per heavy atom. The summed E-state index contributed by atoms with van der Waals surface area (Å²) in [6.45, 7) is 8.22. The van der Waals surface area contributed by atoms with E-state index in [-0.39, 0.29) is 5.57 Å². The van der Waals surface area contributed by atoms with Crippen molar-refractivity contribution in [2.45, 2.75) is 0 Å². The number of ether oxygens (including phenoxy) is 4. The maximum absolute atomic E-state index is 8.83. The van der Waals surface area contributed by atoms with E-state index in [1.165, 1.54) is 18.6 Å². The minimum atomic E-state index is 0.00370. The summed E-state index contributed by atoms with van der Waals surface area (Å²) in [5.74, 6) is 0.999. The maximum atomic E-state index is 8.83. The molecule has 1 aromatic carbocycles. The lowest BCUT2D eigenvalue weighted by Gasteiger charge is -2.13. The highest BCUT2D eigenvalue weighted by Crippen LogP contribution is 2.29. The van der Waals surface area contributed by atoms with Gasteiger partial charge in [-0.3, -0.25) is 0 Å². The van der Waals surface area contributed by atoms with Gasteiger partial charge in [-0.25, -0.2) is 0 Å². The van der Waals surface area contributed by atoms with E-state index in [4.69, 9.17) is 29.5 Å². The third kappa shape index (κ3) is 6.59. The molecule has 0 spiro atoms. The Hall–Kier alpha value is -3.38. The molecule has 0 atom stereocenters. The van der Waals surface area contributed by atoms with Gasteiger partial charge < -0.3 is 18.9 Å². The van der Waals surface area contributed by atoms with Crippen LogP contribution < -0.4 is 9.47 Å². The molecule has 6 nitrogen and oxygen atoms in total. The number of hydrogen-bond donors (Lipinski definition) is 0. The molecular formula is C18H18N2O4. The van der Waals surface area contributed by atoms with Crippen molar-refractivity contribution >= 4 is 6.08 Å². The molecule has 0 amide bonds. The highest BCUT2D eigenvalue weighted by atomic mass is 16.5. The molecule has 0 aliphatic rings. The second-order valence-corrected chi connectivity index (χ2v) is 4.26. The topological polar surface area (TPSA) is 84.5 Å². The molecule has 0 heterocycles. The Morgan fingerprint density at radius 1 is 0.917 bits per heavy atom. The Bertz CT molecular complexity index is 653. The van der Waals surface area contributed by atoms with Crippen molar-refractivity contribution in [3.8, 4) is 23.6 Å². The average Bonchev–Trinajstić information content (AvgIpc) is 2.61. The van der Waals surface area contributed by atoms with Gasteiger partial charge in [0.25, 0.3) is 0 Å². The summed E-state index contributed by atoms with van der Waals surface area (Å²) in [5, 5.41) is 17.7. The number of rotatable bonds is 11. The summed E-state index contributed by atoms with van der Waals surface area (Å²) in [6.07, 6.45) is 4.14. The highest BCUT2D eigenvalue weighted by molar-refractivity contribution is 5.64. The number of allylic oxidation sites excluding steroid dienone is 1. The Kier molecular flexibility index (Phi) is 8.73. The summed E-state index contributed by atoms with van der Waals surface area (Å²) in [7, 11) is 0. The van der Waals surface area contributed by atoms with Gasteiger partial charge in [0.2, 0.25) is 0 Å². The molecule has 6 heteroatoms. The molecule has 0 bridgehead atoms. The lowest BCUT2D eigenvalue weighted by Crippen LogP contribution is -2.08. The summed E-state index contributed by atoms with van der Waals surface area (Å²) in [5.41, 5.74) is 0.659. The molecule has 0 aliphatic carbocycles. The van der Waals surface area contributed by atoms with Crippen molar-refractivity contribution in [3.05, 3.63) is 55.0 Å². The van der Waals surface area contributed by atoms with Crippen LogP contribution in [-0.2, 0) is 9.47 Å².